The average molecular weight is 222 g/mol. The molecule has 5 nitrogen and oxygen atoms in total. The Bertz CT molecular complexity index is 361. The highest BCUT2D eigenvalue weighted by Gasteiger charge is 2.40. The van der Waals surface area contributed by atoms with E-state index in [1.54, 1.807) is 24.5 Å². The van der Waals surface area contributed by atoms with E-state index in [2.05, 4.69) is 10.3 Å². The Kier molecular flexibility index (Phi) is 3.05. The molecule has 0 bridgehead atoms. The fourth-order valence-corrected chi connectivity index (χ4v) is 1.82. The summed E-state index contributed by atoms with van der Waals surface area (Å²) < 4.78 is 5.20. The molecular formula is C11H14N2O3. The van der Waals surface area contributed by atoms with E-state index in [9.17, 15) is 9.90 Å². The summed E-state index contributed by atoms with van der Waals surface area (Å²) >= 11 is 0. The maximum absolute atomic E-state index is 11.3. The monoisotopic (exact) mass is 222 g/mol. The van der Waals surface area contributed by atoms with E-state index in [1.165, 1.54) is 0 Å². The third-order valence-corrected chi connectivity index (χ3v) is 2.82. The number of hydrogen-bond donors (Lipinski definition) is 2. The number of aliphatic carboxylic acids is 1. The van der Waals surface area contributed by atoms with Gasteiger partial charge < -0.3 is 15.2 Å². The van der Waals surface area contributed by atoms with Crippen molar-refractivity contribution in [3.8, 4) is 0 Å². The summed E-state index contributed by atoms with van der Waals surface area (Å²) in [6.07, 6.45) is 4.23. The van der Waals surface area contributed by atoms with Crippen LogP contribution in [0.3, 0.4) is 0 Å². The minimum absolute atomic E-state index is 0.477. The van der Waals surface area contributed by atoms with E-state index in [-0.39, 0.29) is 0 Å². The average Bonchev–Trinajstić information content (AvgIpc) is 2.31. The molecule has 1 aromatic heterocycles. The topological polar surface area (TPSA) is 71.5 Å². The summed E-state index contributed by atoms with van der Waals surface area (Å²) in [4.78, 5) is 15.2. The Balaban J connectivity index is 2.17. The molecule has 1 aliphatic heterocycles. The molecular weight excluding hydrogens is 208 g/mol. The Hall–Kier alpha value is -1.62. The third kappa shape index (κ3) is 2.14. The number of ether oxygens (including phenoxy) is 1. The van der Waals surface area contributed by atoms with Gasteiger partial charge in [0.05, 0.1) is 0 Å². The van der Waals surface area contributed by atoms with Gasteiger partial charge >= 0.3 is 5.97 Å². The van der Waals surface area contributed by atoms with Gasteiger partial charge in [0.2, 0.25) is 0 Å². The van der Waals surface area contributed by atoms with Gasteiger partial charge in [0.15, 0.2) is 0 Å². The Labute approximate surface area is 93.5 Å². The molecule has 0 aliphatic carbocycles. The molecule has 0 unspecified atom stereocenters. The summed E-state index contributed by atoms with van der Waals surface area (Å²) in [6.45, 7) is 0.953. The first-order valence-electron chi connectivity index (χ1n) is 5.22. The summed E-state index contributed by atoms with van der Waals surface area (Å²) in [5.74, 6) is -0.826. The standard InChI is InChI=1S/C11H14N2O3/c14-10(15)11(3-7-16-8-4-11)13-9-1-5-12-6-2-9/h1-2,5-6H,3-4,7-8H2,(H,12,13)(H,14,15). The first-order chi connectivity index (χ1) is 7.73. The predicted octanol–water partition coefficient (Wildman–Crippen LogP) is 1.13. The number of nitrogens with one attached hydrogen (secondary N) is 1. The van der Waals surface area contributed by atoms with Crippen molar-refractivity contribution < 1.29 is 14.6 Å². The number of carboxylic acids is 1. The smallest absolute Gasteiger partial charge is 0.329 e. The molecule has 0 aromatic carbocycles. The van der Waals surface area contributed by atoms with Crippen LogP contribution in [-0.2, 0) is 9.53 Å². The molecule has 0 saturated carbocycles. The maximum Gasteiger partial charge on any atom is 0.329 e. The van der Waals surface area contributed by atoms with Crippen molar-refractivity contribution in [1.82, 2.24) is 4.98 Å². The zero-order chi connectivity index (χ0) is 11.4. The largest absolute Gasteiger partial charge is 0.480 e. The Morgan fingerprint density at radius 2 is 2.00 bits per heavy atom. The van der Waals surface area contributed by atoms with Gasteiger partial charge in [0, 0.05) is 44.1 Å². The van der Waals surface area contributed by atoms with E-state index < -0.39 is 11.5 Å². The fourth-order valence-electron chi connectivity index (χ4n) is 1.82. The molecule has 0 spiro atoms. The van der Waals surface area contributed by atoms with Crippen molar-refractivity contribution in [1.29, 1.82) is 0 Å². The molecule has 1 aliphatic rings. The summed E-state index contributed by atoms with van der Waals surface area (Å²) in [5.41, 5.74) is -0.126. The zero-order valence-electron chi connectivity index (χ0n) is 8.85. The van der Waals surface area contributed by atoms with Crippen molar-refractivity contribution >= 4 is 11.7 Å². The molecule has 1 fully saturated rings. The molecule has 1 aromatic rings. The van der Waals surface area contributed by atoms with Crippen molar-refractivity contribution in [3.05, 3.63) is 24.5 Å². The second kappa shape index (κ2) is 4.49. The number of pyridine rings is 1. The maximum atomic E-state index is 11.3. The summed E-state index contributed by atoms with van der Waals surface area (Å²) in [7, 11) is 0. The van der Waals surface area contributed by atoms with Crippen LogP contribution in [0.15, 0.2) is 24.5 Å². The third-order valence-electron chi connectivity index (χ3n) is 2.82. The second-order valence-corrected chi connectivity index (χ2v) is 3.86. The predicted molar refractivity (Wildman–Crippen MR) is 58.3 cm³/mol. The molecule has 0 atom stereocenters. The number of aromatic nitrogens is 1. The van der Waals surface area contributed by atoms with Gasteiger partial charge in [-0.2, -0.15) is 0 Å². The molecule has 2 heterocycles. The molecule has 1 saturated heterocycles. The van der Waals surface area contributed by atoms with E-state index in [1.807, 2.05) is 0 Å². The lowest BCUT2D eigenvalue weighted by atomic mass is 9.90. The highest BCUT2D eigenvalue weighted by Crippen LogP contribution is 2.25. The van der Waals surface area contributed by atoms with Gasteiger partial charge in [-0.05, 0) is 12.1 Å². The van der Waals surface area contributed by atoms with Crippen LogP contribution in [0.1, 0.15) is 12.8 Å². The Morgan fingerprint density at radius 3 is 2.56 bits per heavy atom. The lowest BCUT2D eigenvalue weighted by Gasteiger charge is -2.34. The summed E-state index contributed by atoms with van der Waals surface area (Å²) in [6, 6.07) is 3.53. The minimum atomic E-state index is -0.903. The first kappa shape index (κ1) is 10.9. The first-order valence-corrected chi connectivity index (χ1v) is 5.22. The number of rotatable bonds is 3. The molecule has 86 valence electrons. The van der Waals surface area contributed by atoms with E-state index >= 15 is 0 Å². The molecule has 0 radical (unpaired) electrons. The van der Waals surface area contributed by atoms with Gasteiger partial charge in [-0.15, -0.1) is 0 Å². The van der Waals surface area contributed by atoms with E-state index in [0.29, 0.717) is 26.1 Å². The second-order valence-electron chi connectivity index (χ2n) is 3.86. The van der Waals surface area contributed by atoms with Crippen LogP contribution in [0.4, 0.5) is 5.69 Å². The molecule has 2 rings (SSSR count). The minimum Gasteiger partial charge on any atom is -0.480 e. The molecule has 5 heteroatoms. The molecule has 2 N–H and O–H groups in total. The van der Waals surface area contributed by atoms with E-state index in [0.717, 1.165) is 5.69 Å². The highest BCUT2D eigenvalue weighted by atomic mass is 16.5. The number of hydrogen-bond acceptors (Lipinski definition) is 4. The number of carboxylic acid groups (broad SMARTS) is 1. The molecule has 16 heavy (non-hydrogen) atoms. The van der Waals surface area contributed by atoms with Crippen LogP contribution >= 0.6 is 0 Å². The van der Waals surface area contributed by atoms with Crippen LogP contribution in [0.25, 0.3) is 0 Å². The van der Waals surface area contributed by atoms with Gasteiger partial charge in [0.1, 0.15) is 5.54 Å². The van der Waals surface area contributed by atoms with Crippen LogP contribution in [-0.4, -0.2) is 34.8 Å². The lowest BCUT2D eigenvalue weighted by molar-refractivity contribution is -0.145. The van der Waals surface area contributed by atoms with Crippen molar-refractivity contribution in [3.63, 3.8) is 0 Å². The summed E-state index contributed by atoms with van der Waals surface area (Å²) in [5, 5.41) is 12.4. The van der Waals surface area contributed by atoms with Crippen LogP contribution in [0.5, 0.6) is 0 Å². The normalized spacial score (nSPS) is 19.0. The van der Waals surface area contributed by atoms with Crippen molar-refractivity contribution in [2.45, 2.75) is 18.4 Å². The van der Waals surface area contributed by atoms with Crippen molar-refractivity contribution in [2.75, 3.05) is 18.5 Å². The fraction of sp³-hybridized carbons (Fsp3) is 0.455. The van der Waals surface area contributed by atoms with Crippen molar-refractivity contribution in [2.24, 2.45) is 0 Å². The lowest BCUT2D eigenvalue weighted by Crippen LogP contribution is -2.50. The Morgan fingerprint density at radius 1 is 1.38 bits per heavy atom. The number of nitrogens with zero attached hydrogens (tertiary/aromatic N) is 1. The van der Waals surface area contributed by atoms with Crippen LogP contribution < -0.4 is 5.32 Å². The number of carbonyl (C=O) groups is 1. The van der Waals surface area contributed by atoms with Gasteiger partial charge in [-0.3, -0.25) is 4.98 Å². The quantitative estimate of drug-likeness (QED) is 0.802. The van der Waals surface area contributed by atoms with E-state index in [4.69, 9.17) is 4.74 Å². The molecule has 0 amide bonds. The van der Waals surface area contributed by atoms with Crippen LogP contribution in [0, 0.1) is 0 Å². The van der Waals surface area contributed by atoms with Gasteiger partial charge in [-0.1, -0.05) is 0 Å². The van der Waals surface area contributed by atoms with Gasteiger partial charge in [0.25, 0.3) is 0 Å². The highest BCUT2D eigenvalue weighted by molar-refractivity contribution is 5.82. The zero-order valence-corrected chi connectivity index (χ0v) is 8.85. The van der Waals surface area contributed by atoms with Crippen LogP contribution in [0.2, 0.25) is 0 Å². The SMILES string of the molecule is O=C(O)C1(Nc2ccncc2)CCOCC1. The number of anilines is 1. The van der Waals surface area contributed by atoms with Gasteiger partial charge in [-0.25, -0.2) is 4.79 Å².